The third kappa shape index (κ3) is 5.65. The zero-order valence-electron chi connectivity index (χ0n) is 21.5. The molecule has 3 aliphatic rings. The van der Waals surface area contributed by atoms with Gasteiger partial charge in [-0.2, -0.15) is 0 Å². The van der Waals surface area contributed by atoms with E-state index in [0.29, 0.717) is 49.4 Å². The van der Waals surface area contributed by atoms with Gasteiger partial charge in [0.1, 0.15) is 12.4 Å². The van der Waals surface area contributed by atoms with Crippen molar-refractivity contribution in [3.63, 3.8) is 0 Å². The number of cyclic esters (lactones) is 1. The van der Waals surface area contributed by atoms with Crippen LogP contribution in [-0.4, -0.2) is 68.5 Å². The Balaban J connectivity index is 0.00000308. The monoisotopic (exact) mass is 558 g/mol. The molecule has 12 heteroatoms. The normalized spacial score (nSPS) is 21.9. The van der Waals surface area contributed by atoms with Crippen LogP contribution in [0.15, 0.2) is 47.5 Å². The minimum Gasteiger partial charge on any atom is -0.448 e. The van der Waals surface area contributed by atoms with Gasteiger partial charge < -0.3 is 19.7 Å². The summed E-state index contributed by atoms with van der Waals surface area (Å²) < 4.78 is 27.6. The molecular formula is C27H32ClFN6O4. The van der Waals surface area contributed by atoms with Gasteiger partial charge in [-0.3, -0.25) is 9.13 Å². The average Bonchev–Trinajstić information content (AvgIpc) is 3.53. The van der Waals surface area contributed by atoms with Gasteiger partial charge in [0, 0.05) is 43.7 Å². The number of amides is 1. The van der Waals surface area contributed by atoms with E-state index in [1.165, 1.54) is 12.1 Å². The number of carbonyl (C=O) groups is 1. The molecule has 1 aromatic carbocycles. The van der Waals surface area contributed by atoms with Gasteiger partial charge in [0.25, 0.3) is 0 Å². The summed E-state index contributed by atoms with van der Waals surface area (Å²) in [5.41, 5.74) is 1.60. The molecule has 0 bridgehead atoms. The summed E-state index contributed by atoms with van der Waals surface area (Å²) in [4.78, 5) is 36.6. The van der Waals surface area contributed by atoms with Crippen molar-refractivity contribution in [3.05, 3.63) is 59.0 Å². The topological polar surface area (TPSA) is 104 Å². The number of halogens is 2. The van der Waals surface area contributed by atoms with Gasteiger partial charge in [0.15, 0.2) is 0 Å². The van der Waals surface area contributed by atoms with Crippen molar-refractivity contribution in [2.75, 3.05) is 31.7 Å². The molecule has 2 saturated heterocycles. The first-order valence-electron chi connectivity index (χ1n) is 13.3. The highest BCUT2D eigenvalue weighted by atomic mass is 35.5. The van der Waals surface area contributed by atoms with Crippen LogP contribution in [-0.2, 0) is 9.47 Å². The van der Waals surface area contributed by atoms with Gasteiger partial charge in [-0.25, -0.2) is 23.9 Å². The number of ether oxygens (including phenoxy) is 2. The van der Waals surface area contributed by atoms with Gasteiger partial charge in [-0.1, -0.05) is 0 Å². The number of aromatic nitrogens is 4. The molecule has 4 heterocycles. The summed E-state index contributed by atoms with van der Waals surface area (Å²) in [5.74, 6) is 0.125. The van der Waals surface area contributed by atoms with Crippen molar-refractivity contribution >= 4 is 24.4 Å². The lowest BCUT2D eigenvalue weighted by Crippen LogP contribution is -2.41. The minimum absolute atomic E-state index is 0. The van der Waals surface area contributed by atoms with E-state index in [0.717, 1.165) is 38.5 Å². The Morgan fingerprint density at radius 1 is 0.923 bits per heavy atom. The Morgan fingerprint density at radius 2 is 1.67 bits per heavy atom. The average molecular weight is 559 g/mol. The van der Waals surface area contributed by atoms with Crippen LogP contribution in [0.2, 0.25) is 0 Å². The van der Waals surface area contributed by atoms with E-state index in [-0.39, 0.29) is 48.1 Å². The third-order valence-corrected chi connectivity index (χ3v) is 7.76. The molecule has 0 radical (unpaired) electrons. The summed E-state index contributed by atoms with van der Waals surface area (Å²) in [6.45, 7) is 2.35. The molecule has 0 spiro atoms. The molecule has 1 N–H and O–H groups in total. The number of imidazole rings is 1. The summed E-state index contributed by atoms with van der Waals surface area (Å²) in [6.07, 6.45) is 8.38. The molecule has 0 atom stereocenters. The SMILES string of the molecule is Cl.O=C1OCCN1C1CCC(Nc2nccc(-c3cn(C4CCOCC4)c(=O)n3-c3ccc(F)cc3)n2)CC1. The van der Waals surface area contributed by atoms with Crippen molar-refractivity contribution < 1.29 is 18.7 Å². The van der Waals surface area contributed by atoms with E-state index >= 15 is 0 Å². The molecule has 6 rings (SSSR count). The van der Waals surface area contributed by atoms with Crippen LogP contribution in [0.1, 0.15) is 44.6 Å². The summed E-state index contributed by atoms with van der Waals surface area (Å²) in [6, 6.07) is 8.11. The number of nitrogens with zero attached hydrogens (tertiary/aromatic N) is 5. The van der Waals surface area contributed by atoms with E-state index in [4.69, 9.17) is 14.5 Å². The summed E-state index contributed by atoms with van der Waals surface area (Å²) >= 11 is 0. The lowest BCUT2D eigenvalue weighted by molar-refractivity contribution is 0.0686. The molecule has 3 fully saturated rings. The van der Waals surface area contributed by atoms with Crippen LogP contribution in [0.4, 0.5) is 15.1 Å². The number of nitrogens with one attached hydrogen (secondary N) is 1. The number of carbonyl (C=O) groups excluding carboxylic acids is 1. The second kappa shape index (κ2) is 11.7. The van der Waals surface area contributed by atoms with E-state index in [1.807, 2.05) is 11.1 Å². The fraction of sp³-hybridized carbons (Fsp3) is 0.481. The zero-order valence-corrected chi connectivity index (χ0v) is 22.3. The molecule has 1 saturated carbocycles. The van der Waals surface area contributed by atoms with Crippen molar-refractivity contribution in [3.8, 4) is 17.1 Å². The lowest BCUT2D eigenvalue weighted by atomic mass is 9.90. The first kappa shape index (κ1) is 27.1. The molecule has 2 aromatic heterocycles. The predicted octanol–water partition coefficient (Wildman–Crippen LogP) is 4.18. The third-order valence-electron chi connectivity index (χ3n) is 7.76. The smallest absolute Gasteiger partial charge is 0.410 e. The number of hydrogen-bond donors (Lipinski definition) is 1. The molecular weight excluding hydrogens is 527 g/mol. The maximum atomic E-state index is 13.7. The fourth-order valence-electron chi connectivity index (χ4n) is 5.73. The van der Waals surface area contributed by atoms with Gasteiger partial charge >= 0.3 is 11.8 Å². The Bertz CT molecular complexity index is 1350. The van der Waals surface area contributed by atoms with Gasteiger partial charge in [0.05, 0.1) is 23.6 Å². The van der Waals surface area contributed by atoms with Crippen LogP contribution >= 0.6 is 12.4 Å². The molecule has 1 amide bonds. The van der Waals surface area contributed by atoms with E-state index < -0.39 is 0 Å². The highest BCUT2D eigenvalue weighted by molar-refractivity contribution is 5.85. The molecule has 10 nitrogen and oxygen atoms in total. The van der Waals surface area contributed by atoms with E-state index in [9.17, 15) is 14.0 Å². The summed E-state index contributed by atoms with van der Waals surface area (Å²) in [5, 5.41) is 3.45. The molecule has 0 unspecified atom stereocenters. The highest BCUT2D eigenvalue weighted by Gasteiger charge is 2.33. The maximum absolute atomic E-state index is 13.7. The maximum Gasteiger partial charge on any atom is 0.410 e. The second-order valence-corrected chi connectivity index (χ2v) is 10.1. The molecule has 208 valence electrons. The van der Waals surface area contributed by atoms with Crippen molar-refractivity contribution in [1.29, 1.82) is 0 Å². The van der Waals surface area contributed by atoms with Crippen LogP contribution in [0.25, 0.3) is 17.1 Å². The Kier molecular flexibility index (Phi) is 8.18. The number of benzene rings is 1. The first-order chi connectivity index (χ1) is 18.6. The Morgan fingerprint density at radius 3 is 2.36 bits per heavy atom. The molecule has 2 aliphatic heterocycles. The van der Waals surface area contributed by atoms with Gasteiger partial charge in [-0.15, -0.1) is 12.4 Å². The van der Waals surface area contributed by atoms with Crippen molar-refractivity contribution in [2.45, 2.75) is 56.7 Å². The first-order valence-corrected chi connectivity index (χ1v) is 13.3. The van der Waals surface area contributed by atoms with E-state index in [2.05, 4.69) is 10.3 Å². The quantitative estimate of drug-likeness (QED) is 0.484. The largest absolute Gasteiger partial charge is 0.448 e. The van der Waals surface area contributed by atoms with Crippen LogP contribution in [0.5, 0.6) is 0 Å². The predicted molar refractivity (Wildman–Crippen MR) is 145 cm³/mol. The van der Waals surface area contributed by atoms with Crippen LogP contribution in [0, 0.1) is 5.82 Å². The number of anilines is 1. The number of rotatable bonds is 6. The van der Waals surface area contributed by atoms with Gasteiger partial charge in [-0.05, 0) is 68.9 Å². The van der Waals surface area contributed by atoms with Crippen LogP contribution in [0.3, 0.4) is 0 Å². The van der Waals surface area contributed by atoms with Crippen LogP contribution < -0.4 is 11.0 Å². The Hall–Kier alpha value is -3.44. The Labute approximate surface area is 231 Å². The standard InChI is InChI=1S/C27H31FN6O4.ClH/c28-18-1-5-22(6-2-18)34-24(17-33(26(34)35)21-10-14-37-15-11-21)23-9-12-29-25(31-23)30-19-3-7-20(8-4-19)32-13-16-38-27(32)36;/h1-2,5-6,9,12,17,19-21H,3-4,7-8,10-11,13-16H2,(H,29,30,31);1H. The lowest BCUT2D eigenvalue weighted by Gasteiger charge is -2.33. The van der Waals surface area contributed by atoms with Gasteiger partial charge in [0.2, 0.25) is 5.95 Å². The van der Waals surface area contributed by atoms with Crippen molar-refractivity contribution in [1.82, 2.24) is 24.0 Å². The highest BCUT2D eigenvalue weighted by Crippen LogP contribution is 2.29. The van der Waals surface area contributed by atoms with E-state index in [1.54, 1.807) is 33.5 Å². The molecule has 39 heavy (non-hydrogen) atoms. The van der Waals surface area contributed by atoms with Crippen molar-refractivity contribution in [2.24, 2.45) is 0 Å². The fourth-order valence-corrected chi connectivity index (χ4v) is 5.73. The second-order valence-electron chi connectivity index (χ2n) is 10.1. The molecule has 3 aromatic rings. The number of hydrogen-bond acceptors (Lipinski definition) is 7. The summed E-state index contributed by atoms with van der Waals surface area (Å²) in [7, 11) is 0. The molecule has 1 aliphatic carbocycles. The minimum atomic E-state index is -0.364. The zero-order chi connectivity index (χ0) is 26.1.